The Morgan fingerprint density at radius 2 is 1.97 bits per heavy atom. The Bertz CT molecular complexity index is 1000. The van der Waals surface area contributed by atoms with Crippen LogP contribution >= 0.6 is 0 Å². The average Bonchev–Trinajstić information content (AvgIpc) is 3.37. The van der Waals surface area contributed by atoms with E-state index in [0.717, 1.165) is 17.0 Å². The van der Waals surface area contributed by atoms with Crippen LogP contribution in [0.1, 0.15) is 21.6 Å². The van der Waals surface area contributed by atoms with Gasteiger partial charge in [0, 0.05) is 26.4 Å². The molecule has 0 aliphatic carbocycles. The van der Waals surface area contributed by atoms with Gasteiger partial charge in [-0.1, -0.05) is 24.3 Å². The molecule has 1 amide bonds. The van der Waals surface area contributed by atoms with Crippen molar-refractivity contribution in [2.24, 2.45) is 0 Å². The summed E-state index contributed by atoms with van der Waals surface area (Å²) in [6, 6.07) is 15.5. The lowest BCUT2D eigenvalue weighted by Gasteiger charge is -2.22. The van der Waals surface area contributed by atoms with Gasteiger partial charge in [-0.05, 0) is 36.8 Å². The number of aromatic nitrogens is 2. The number of fused-ring (bicyclic) bond motifs is 1. The van der Waals surface area contributed by atoms with E-state index in [1.165, 1.54) is 0 Å². The van der Waals surface area contributed by atoms with Gasteiger partial charge < -0.3 is 19.1 Å². The van der Waals surface area contributed by atoms with Gasteiger partial charge in [0.1, 0.15) is 0 Å². The zero-order valence-electron chi connectivity index (χ0n) is 16.5. The SMILES string of the molecule is COCCN(Cc1ccc2c(c1)OCO2)C(=O)c1cn(-c2ccccc2)nc1C. The van der Waals surface area contributed by atoms with Crippen molar-refractivity contribution in [3.63, 3.8) is 0 Å². The molecule has 0 atom stereocenters. The fourth-order valence-electron chi connectivity index (χ4n) is 3.27. The molecule has 150 valence electrons. The molecular formula is C22H23N3O4. The average molecular weight is 393 g/mol. The van der Waals surface area contributed by atoms with Crippen molar-refractivity contribution in [1.29, 1.82) is 0 Å². The largest absolute Gasteiger partial charge is 0.454 e. The number of hydrogen-bond donors (Lipinski definition) is 0. The summed E-state index contributed by atoms with van der Waals surface area (Å²) < 4.78 is 17.8. The monoisotopic (exact) mass is 393 g/mol. The van der Waals surface area contributed by atoms with Crippen molar-refractivity contribution in [2.75, 3.05) is 27.1 Å². The van der Waals surface area contributed by atoms with Crippen LogP contribution in [0.3, 0.4) is 0 Å². The Hall–Kier alpha value is -3.32. The third-order valence-electron chi connectivity index (χ3n) is 4.81. The first kappa shape index (κ1) is 19.0. The van der Waals surface area contributed by atoms with Crippen LogP contribution in [-0.4, -0.2) is 47.6 Å². The Balaban J connectivity index is 1.58. The lowest BCUT2D eigenvalue weighted by molar-refractivity contribution is 0.0679. The number of ether oxygens (including phenoxy) is 3. The summed E-state index contributed by atoms with van der Waals surface area (Å²) in [4.78, 5) is 15.1. The Labute approximate surface area is 169 Å². The van der Waals surface area contributed by atoms with Crippen molar-refractivity contribution in [3.8, 4) is 17.2 Å². The van der Waals surface area contributed by atoms with Gasteiger partial charge in [0.25, 0.3) is 5.91 Å². The predicted octanol–water partition coefficient (Wildman–Crippen LogP) is 3.20. The van der Waals surface area contributed by atoms with Gasteiger partial charge in [-0.25, -0.2) is 4.68 Å². The van der Waals surface area contributed by atoms with E-state index in [4.69, 9.17) is 14.2 Å². The van der Waals surface area contributed by atoms with Gasteiger partial charge in [0.15, 0.2) is 11.5 Å². The van der Waals surface area contributed by atoms with E-state index in [-0.39, 0.29) is 12.7 Å². The number of methoxy groups -OCH3 is 1. The van der Waals surface area contributed by atoms with Gasteiger partial charge in [0.2, 0.25) is 6.79 Å². The maximum absolute atomic E-state index is 13.3. The third-order valence-corrected chi connectivity index (χ3v) is 4.81. The molecular weight excluding hydrogens is 370 g/mol. The molecule has 1 aromatic heterocycles. The Morgan fingerprint density at radius 1 is 1.17 bits per heavy atom. The molecule has 2 aromatic carbocycles. The molecule has 29 heavy (non-hydrogen) atoms. The van der Waals surface area contributed by atoms with E-state index in [1.807, 2.05) is 55.5 Å². The van der Waals surface area contributed by atoms with E-state index in [1.54, 1.807) is 22.9 Å². The Morgan fingerprint density at radius 3 is 2.76 bits per heavy atom. The maximum Gasteiger partial charge on any atom is 0.257 e. The first-order valence-corrected chi connectivity index (χ1v) is 9.44. The molecule has 0 fully saturated rings. The highest BCUT2D eigenvalue weighted by Gasteiger charge is 2.22. The highest BCUT2D eigenvalue weighted by molar-refractivity contribution is 5.95. The summed E-state index contributed by atoms with van der Waals surface area (Å²) >= 11 is 0. The van der Waals surface area contributed by atoms with Gasteiger partial charge in [-0.15, -0.1) is 0 Å². The number of nitrogens with zero attached hydrogens (tertiary/aromatic N) is 3. The number of aryl methyl sites for hydroxylation is 1. The summed E-state index contributed by atoms with van der Waals surface area (Å²) in [5, 5.41) is 4.52. The van der Waals surface area contributed by atoms with E-state index < -0.39 is 0 Å². The zero-order chi connectivity index (χ0) is 20.2. The summed E-state index contributed by atoms with van der Waals surface area (Å²) in [7, 11) is 1.63. The minimum atomic E-state index is -0.0839. The predicted molar refractivity (Wildman–Crippen MR) is 107 cm³/mol. The zero-order valence-corrected chi connectivity index (χ0v) is 16.5. The van der Waals surface area contributed by atoms with E-state index in [9.17, 15) is 4.79 Å². The number of rotatable bonds is 7. The third kappa shape index (κ3) is 4.09. The lowest BCUT2D eigenvalue weighted by atomic mass is 10.1. The standard InChI is InChI=1S/C22H23N3O4/c1-16-19(14-25(23-16)18-6-4-3-5-7-18)22(26)24(10-11-27-2)13-17-8-9-20-21(12-17)29-15-28-20/h3-9,12,14H,10-11,13,15H2,1-2H3. The summed E-state index contributed by atoms with van der Waals surface area (Å²) in [6.45, 7) is 3.43. The van der Waals surface area contributed by atoms with Crippen LogP contribution in [0.25, 0.3) is 5.69 Å². The van der Waals surface area contributed by atoms with E-state index in [0.29, 0.717) is 36.7 Å². The normalized spacial score (nSPS) is 12.2. The van der Waals surface area contributed by atoms with Crippen LogP contribution in [0, 0.1) is 6.92 Å². The number of hydrogen-bond acceptors (Lipinski definition) is 5. The molecule has 1 aliphatic heterocycles. The summed E-state index contributed by atoms with van der Waals surface area (Å²) in [5.41, 5.74) is 3.14. The minimum absolute atomic E-state index is 0.0839. The number of benzene rings is 2. The summed E-state index contributed by atoms with van der Waals surface area (Å²) in [6.07, 6.45) is 1.78. The molecule has 1 aliphatic rings. The first-order chi connectivity index (χ1) is 14.2. The van der Waals surface area contributed by atoms with E-state index in [2.05, 4.69) is 5.10 Å². The van der Waals surface area contributed by atoms with Gasteiger partial charge in [-0.2, -0.15) is 5.10 Å². The van der Waals surface area contributed by atoms with Crippen molar-refractivity contribution < 1.29 is 19.0 Å². The molecule has 0 unspecified atom stereocenters. The number of carbonyl (C=O) groups is 1. The van der Waals surface area contributed by atoms with Crippen molar-refractivity contribution >= 4 is 5.91 Å². The number of amides is 1. The molecule has 7 heteroatoms. The second kappa shape index (κ2) is 8.36. The molecule has 0 spiro atoms. The maximum atomic E-state index is 13.3. The molecule has 7 nitrogen and oxygen atoms in total. The summed E-state index contributed by atoms with van der Waals surface area (Å²) in [5.74, 6) is 1.35. The van der Waals surface area contributed by atoms with Gasteiger partial charge in [0.05, 0.1) is 23.6 Å². The molecule has 0 radical (unpaired) electrons. The van der Waals surface area contributed by atoms with Crippen LogP contribution in [0.5, 0.6) is 11.5 Å². The molecule has 2 heterocycles. The van der Waals surface area contributed by atoms with Crippen molar-refractivity contribution in [2.45, 2.75) is 13.5 Å². The second-order valence-electron chi connectivity index (χ2n) is 6.82. The van der Waals surface area contributed by atoms with Crippen LogP contribution in [0.4, 0.5) is 0 Å². The van der Waals surface area contributed by atoms with E-state index >= 15 is 0 Å². The van der Waals surface area contributed by atoms with Crippen LogP contribution in [0.2, 0.25) is 0 Å². The molecule has 4 rings (SSSR count). The fraction of sp³-hybridized carbons (Fsp3) is 0.273. The molecule has 0 saturated heterocycles. The highest BCUT2D eigenvalue weighted by Crippen LogP contribution is 2.33. The number of para-hydroxylation sites is 1. The minimum Gasteiger partial charge on any atom is -0.454 e. The molecule has 0 saturated carbocycles. The quantitative estimate of drug-likeness (QED) is 0.617. The topological polar surface area (TPSA) is 65.8 Å². The second-order valence-corrected chi connectivity index (χ2v) is 6.82. The van der Waals surface area contributed by atoms with Crippen molar-refractivity contribution in [3.05, 3.63) is 71.5 Å². The van der Waals surface area contributed by atoms with Crippen LogP contribution in [0.15, 0.2) is 54.7 Å². The fourth-order valence-corrected chi connectivity index (χ4v) is 3.27. The van der Waals surface area contributed by atoms with Crippen LogP contribution < -0.4 is 9.47 Å². The first-order valence-electron chi connectivity index (χ1n) is 9.44. The smallest absolute Gasteiger partial charge is 0.257 e. The van der Waals surface area contributed by atoms with Gasteiger partial charge >= 0.3 is 0 Å². The molecule has 0 N–H and O–H groups in total. The number of carbonyl (C=O) groups excluding carboxylic acids is 1. The van der Waals surface area contributed by atoms with Crippen molar-refractivity contribution in [1.82, 2.24) is 14.7 Å². The van der Waals surface area contributed by atoms with Gasteiger partial charge in [-0.3, -0.25) is 4.79 Å². The van der Waals surface area contributed by atoms with Crippen LogP contribution in [-0.2, 0) is 11.3 Å². The molecule has 0 bridgehead atoms. The lowest BCUT2D eigenvalue weighted by Crippen LogP contribution is -2.33. The Kier molecular flexibility index (Phi) is 5.48. The molecule has 3 aromatic rings. The highest BCUT2D eigenvalue weighted by atomic mass is 16.7.